The summed E-state index contributed by atoms with van der Waals surface area (Å²) in [5.74, 6) is -0.559. The van der Waals surface area contributed by atoms with Gasteiger partial charge in [-0.15, -0.1) is 0 Å². The van der Waals surface area contributed by atoms with Gasteiger partial charge in [0.15, 0.2) is 0 Å². The van der Waals surface area contributed by atoms with Crippen LogP contribution in [-0.2, 0) is 4.74 Å². The molecule has 2 aromatic rings. The van der Waals surface area contributed by atoms with Crippen molar-refractivity contribution in [1.82, 2.24) is 4.57 Å². The fraction of sp³-hybridized carbons (Fsp3) is 0.474. The van der Waals surface area contributed by atoms with Gasteiger partial charge in [0.05, 0.1) is 12.1 Å². The average Bonchev–Trinajstić information content (AvgIpc) is 3.25. The van der Waals surface area contributed by atoms with Gasteiger partial charge in [-0.05, 0) is 54.4 Å². The molecule has 1 aliphatic carbocycles. The van der Waals surface area contributed by atoms with E-state index in [4.69, 9.17) is 4.74 Å². The summed E-state index contributed by atoms with van der Waals surface area (Å²) in [4.78, 5) is 24.0. The molecule has 0 saturated heterocycles. The SMILES string of the molecule is CC(C)(C)CCOC(=O)n1c(C(=O)O)cc2cc(C3CC3)ccc21. The molecule has 0 aliphatic heterocycles. The molecule has 0 unspecified atom stereocenters. The zero-order valence-corrected chi connectivity index (χ0v) is 14.3. The Morgan fingerprint density at radius 1 is 1.25 bits per heavy atom. The lowest BCUT2D eigenvalue weighted by Gasteiger charge is -2.17. The lowest BCUT2D eigenvalue weighted by Crippen LogP contribution is -2.20. The van der Waals surface area contributed by atoms with Gasteiger partial charge in [-0.2, -0.15) is 0 Å². The number of ether oxygens (including phenoxy) is 1. The molecule has 1 aromatic carbocycles. The Morgan fingerprint density at radius 3 is 2.54 bits per heavy atom. The smallest absolute Gasteiger partial charge is 0.419 e. The monoisotopic (exact) mass is 329 g/mol. The molecule has 0 amide bonds. The van der Waals surface area contributed by atoms with Crippen molar-refractivity contribution in [3.05, 3.63) is 35.5 Å². The Morgan fingerprint density at radius 2 is 1.96 bits per heavy atom. The second-order valence-corrected chi connectivity index (χ2v) is 7.69. The zero-order valence-electron chi connectivity index (χ0n) is 14.3. The summed E-state index contributed by atoms with van der Waals surface area (Å²) in [6.07, 6.45) is 2.43. The van der Waals surface area contributed by atoms with Crippen LogP contribution < -0.4 is 0 Å². The maximum atomic E-state index is 12.4. The van der Waals surface area contributed by atoms with E-state index in [1.165, 1.54) is 18.4 Å². The zero-order chi connectivity index (χ0) is 17.5. The Kier molecular flexibility index (Phi) is 4.11. The molecule has 5 heteroatoms. The van der Waals surface area contributed by atoms with E-state index in [9.17, 15) is 14.7 Å². The van der Waals surface area contributed by atoms with Crippen molar-refractivity contribution in [2.45, 2.75) is 46.0 Å². The van der Waals surface area contributed by atoms with E-state index in [0.717, 1.165) is 9.95 Å². The number of nitrogens with zero attached hydrogens (tertiary/aromatic N) is 1. The number of carbonyl (C=O) groups excluding carboxylic acids is 1. The number of hydrogen-bond acceptors (Lipinski definition) is 3. The first-order valence-corrected chi connectivity index (χ1v) is 8.32. The van der Waals surface area contributed by atoms with Crippen LogP contribution in [0.15, 0.2) is 24.3 Å². The van der Waals surface area contributed by atoms with Gasteiger partial charge in [0, 0.05) is 5.39 Å². The van der Waals surface area contributed by atoms with E-state index in [-0.39, 0.29) is 17.7 Å². The number of rotatable bonds is 4. The summed E-state index contributed by atoms with van der Waals surface area (Å²) >= 11 is 0. The first-order chi connectivity index (χ1) is 11.3. The van der Waals surface area contributed by atoms with Gasteiger partial charge in [0.2, 0.25) is 0 Å². The van der Waals surface area contributed by atoms with Gasteiger partial charge >= 0.3 is 12.1 Å². The van der Waals surface area contributed by atoms with Crippen LogP contribution in [0.5, 0.6) is 0 Å². The summed E-state index contributed by atoms with van der Waals surface area (Å²) < 4.78 is 6.48. The quantitative estimate of drug-likeness (QED) is 0.887. The lowest BCUT2D eigenvalue weighted by molar-refractivity contribution is 0.0680. The largest absolute Gasteiger partial charge is 0.477 e. The summed E-state index contributed by atoms with van der Waals surface area (Å²) in [5.41, 5.74) is 1.78. The molecule has 0 bridgehead atoms. The third-order valence-electron chi connectivity index (χ3n) is 4.35. The van der Waals surface area contributed by atoms with Crippen LogP contribution in [0.1, 0.15) is 62.0 Å². The molecule has 5 nitrogen and oxygen atoms in total. The van der Waals surface area contributed by atoms with Crippen LogP contribution in [-0.4, -0.2) is 28.3 Å². The lowest BCUT2D eigenvalue weighted by atomic mass is 9.93. The van der Waals surface area contributed by atoms with E-state index < -0.39 is 12.1 Å². The first-order valence-electron chi connectivity index (χ1n) is 8.32. The Labute approximate surface area is 141 Å². The minimum atomic E-state index is -1.13. The summed E-state index contributed by atoms with van der Waals surface area (Å²) in [5, 5.41) is 10.2. The van der Waals surface area contributed by atoms with Crippen molar-refractivity contribution < 1.29 is 19.4 Å². The molecule has 0 atom stereocenters. The van der Waals surface area contributed by atoms with Crippen molar-refractivity contribution in [2.75, 3.05) is 6.61 Å². The van der Waals surface area contributed by atoms with E-state index >= 15 is 0 Å². The van der Waals surface area contributed by atoms with Crippen molar-refractivity contribution >= 4 is 23.0 Å². The van der Waals surface area contributed by atoms with E-state index in [0.29, 0.717) is 17.9 Å². The minimum Gasteiger partial charge on any atom is -0.477 e. The number of hydrogen-bond donors (Lipinski definition) is 1. The van der Waals surface area contributed by atoms with Crippen LogP contribution in [0, 0.1) is 5.41 Å². The highest BCUT2D eigenvalue weighted by atomic mass is 16.5. The van der Waals surface area contributed by atoms with Crippen LogP contribution in [0.2, 0.25) is 0 Å². The average molecular weight is 329 g/mol. The van der Waals surface area contributed by atoms with Gasteiger partial charge in [0.25, 0.3) is 0 Å². The van der Waals surface area contributed by atoms with Crippen LogP contribution in [0.4, 0.5) is 4.79 Å². The minimum absolute atomic E-state index is 0.0494. The van der Waals surface area contributed by atoms with Crippen molar-refractivity contribution in [3.63, 3.8) is 0 Å². The summed E-state index contributed by atoms with van der Waals surface area (Å²) in [7, 11) is 0. The van der Waals surface area contributed by atoms with Gasteiger partial charge in [-0.25, -0.2) is 14.2 Å². The highest BCUT2D eigenvalue weighted by Gasteiger charge is 2.26. The third-order valence-corrected chi connectivity index (χ3v) is 4.35. The molecule has 1 N–H and O–H groups in total. The highest BCUT2D eigenvalue weighted by molar-refractivity contribution is 6.01. The predicted octanol–water partition coefficient (Wildman–Crippen LogP) is 4.64. The molecule has 1 aromatic heterocycles. The molecule has 128 valence electrons. The van der Waals surface area contributed by atoms with Gasteiger partial charge < -0.3 is 9.84 Å². The molecule has 1 saturated carbocycles. The normalized spacial score (nSPS) is 14.8. The van der Waals surface area contributed by atoms with Gasteiger partial charge in [-0.1, -0.05) is 26.8 Å². The molecule has 1 fully saturated rings. The maximum absolute atomic E-state index is 12.4. The van der Waals surface area contributed by atoms with E-state index in [1.807, 2.05) is 18.2 Å². The van der Waals surface area contributed by atoms with Gasteiger partial charge in [0.1, 0.15) is 5.69 Å². The van der Waals surface area contributed by atoms with Crippen molar-refractivity contribution in [3.8, 4) is 0 Å². The van der Waals surface area contributed by atoms with Crippen molar-refractivity contribution in [1.29, 1.82) is 0 Å². The fourth-order valence-electron chi connectivity index (χ4n) is 2.77. The van der Waals surface area contributed by atoms with E-state index in [2.05, 4.69) is 20.8 Å². The molecule has 1 heterocycles. The molecule has 24 heavy (non-hydrogen) atoms. The Balaban J connectivity index is 1.91. The third kappa shape index (κ3) is 3.45. The Hall–Kier alpha value is -2.30. The van der Waals surface area contributed by atoms with E-state index in [1.54, 1.807) is 6.07 Å². The summed E-state index contributed by atoms with van der Waals surface area (Å²) in [6, 6.07) is 7.33. The molecule has 3 rings (SSSR count). The number of carbonyl (C=O) groups is 2. The Bertz CT molecular complexity index is 794. The molecular formula is C19H23NO4. The number of aromatic carboxylic acids is 1. The topological polar surface area (TPSA) is 68.5 Å². The highest BCUT2D eigenvalue weighted by Crippen LogP contribution is 2.41. The number of aromatic nitrogens is 1. The first kappa shape index (κ1) is 16.6. The van der Waals surface area contributed by atoms with Crippen LogP contribution >= 0.6 is 0 Å². The molecular weight excluding hydrogens is 306 g/mol. The summed E-state index contributed by atoms with van der Waals surface area (Å²) in [6.45, 7) is 6.46. The number of carboxylic acid groups (broad SMARTS) is 1. The fourth-order valence-corrected chi connectivity index (χ4v) is 2.77. The number of carboxylic acids is 1. The van der Waals surface area contributed by atoms with Gasteiger partial charge in [-0.3, -0.25) is 0 Å². The van der Waals surface area contributed by atoms with Crippen molar-refractivity contribution in [2.24, 2.45) is 5.41 Å². The predicted molar refractivity (Wildman–Crippen MR) is 91.7 cm³/mol. The second-order valence-electron chi connectivity index (χ2n) is 7.69. The molecule has 0 radical (unpaired) electrons. The standard InChI is InChI=1S/C19H23NO4/c1-19(2,3)8-9-24-18(23)20-15-7-6-13(12-4-5-12)10-14(15)11-16(20)17(21)22/h6-7,10-12H,4-5,8-9H2,1-3H3,(H,21,22). The van der Waals surface area contributed by atoms with Crippen LogP contribution in [0.3, 0.4) is 0 Å². The van der Waals surface area contributed by atoms with Crippen LogP contribution in [0.25, 0.3) is 10.9 Å². The molecule has 0 spiro atoms. The maximum Gasteiger partial charge on any atom is 0.419 e. The molecule has 1 aliphatic rings. The number of benzene rings is 1. The number of fused-ring (bicyclic) bond motifs is 1. The second kappa shape index (κ2) is 5.96.